The van der Waals surface area contributed by atoms with Crippen LogP contribution in [0.1, 0.15) is 71.4 Å². The van der Waals surface area contributed by atoms with Crippen molar-refractivity contribution in [3.8, 4) is 11.1 Å². The monoisotopic (exact) mass is 1310 g/mol. The van der Waals surface area contributed by atoms with Gasteiger partial charge in [-0.3, -0.25) is 0 Å². The first-order valence-electron chi connectivity index (χ1n) is 28.6. The van der Waals surface area contributed by atoms with Crippen LogP contribution in [0.5, 0.6) is 0 Å². The minimum atomic E-state index is -4.20. The number of likely N-dealkylation sites (tertiary alicyclic amines) is 2. The fraction of sp³-hybridized carbons (Fsp3) is 0.586. The molecule has 9 rings (SSSR count). The largest absolute Gasteiger partial charge is 0.495 e. The molecule has 26 heteroatoms. The van der Waals surface area contributed by atoms with E-state index in [0.29, 0.717) is 62.6 Å². The summed E-state index contributed by atoms with van der Waals surface area (Å²) in [5, 5.41) is 49.3. The Morgan fingerprint density at radius 2 is 1.14 bits per heavy atom. The third-order valence-electron chi connectivity index (χ3n) is 15.9. The van der Waals surface area contributed by atoms with E-state index in [0.717, 1.165) is 101 Å². The number of aryl methyl sites for hydroxylation is 2. The summed E-state index contributed by atoms with van der Waals surface area (Å²) in [6, 6.07) is 17.9. The first-order valence-corrected chi connectivity index (χ1v) is 29.7. The first-order chi connectivity index (χ1) is 39.5. The van der Waals surface area contributed by atoms with Crippen molar-refractivity contribution in [2.75, 3.05) is 136 Å². The predicted molar refractivity (Wildman–Crippen MR) is 336 cm³/mol. The molecule has 20 nitrogen and oxygen atoms in total. The molecule has 0 radical (unpaired) electrons. The quantitative estimate of drug-likeness (QED) is 0.0402. The molecule has 8 N–H and O–H groups in total. The van der Waals surface area contributed by atoms with Crippen molar-refractivity contribution in [1.29, 1.82) is 0 Å². The maximum atomic E-state index is 12.8. The minimum Gasteiger partial charge on any atom is -0.399 e. The van der Waals surface area contributed by atoms with Crippen LogP contribution < -0.4 is 36.5 Å². The minimum absolute atomic E-state index is 0. The van der Waals surface area contributed by atoms with Crippen LogP contribution in [0.15, 0.2) is 60.7 Å². The van der Waals surface area contributed by atoms with Gasteiger partial charge in [0, 0.05) is 73.7 Å². The van der Waals surface area contributed by atoms with Crippen LogP contribution in [0, 0.1) is 29.3 Å². The van der Waals surface area contributed by atoms with Gasteiger partial charge in [-0.15, -0.1) is 0 Å². The summed E-state index contributed by atoms with van der Waals surface area (Å²) in [5.74, 6) is 2.98. The molecule has 2 atom stereocenters. The van der Waals surface area contributed by atoms with Gasteiger partial charge in [0.05, 0.1) is 76.1 Å². The maximum absolute atomic E-state index is 12.8. The molecular formula is C58H85BF3IN10O10S. The van der Waals surface area contributed by atoms with Gasteiger partial charge < -0.3 is 80.1 Å². The summed E-state index contributed by atoms with van der Waals surface area (Å²) in [4.78, 5) is 42.3. The summed E-state index contributed by atoms with van der Waals surface area (Å²) in [6.45, 7) is 21.2. The number of nitrogens with one attached hydrogen (secondary N) is 4. The summed E-state index contributed by atoms with van der Waals surface area (Å²) < 4.78 is 61.8. The average Bonchev–Trinajstić information content (AvgIpc) is 4.33. The van der Waals surface area contributed by atoms with Gasteiger partial charge in [0.1, 0.15) is 23.3 Å². The lowest BCUT2D eigenvalue weighted by Gasteiger charge is -2.32. The lowest BCUT2D eigenvalue weighted by atomic mass is 9.76. The summed E-state index contributed by atoms with van der Waals surface area (Å²) in [7, 11) is -0.556. The molecule has 4 aromatic rings. The Labute approximate surface area is 512 Å². The lowest BCUT2D eigenvalue weighted by molar-refractivity contribution is -0.143. The number of halogens is 4. The normalized spacial score (nSPS) is 19.3. The van der Waals surface area contributed by atoms with Gasteiger partial charge >= 0.3 is 25.4 Å². The van der Waals surface area contributed by atoms with Crippen molar-refractivity contribution in [2.24, 2.45) is 11.8 Å². The van der Waals surface area contributed by atoms with Crippen LogP contribution in [0.2, 0.25) is 0 Å². The van der Waals surface area contributed by atoms with Crippen molar-refractivity contribution in [3.05, 3.63) is 75.4 Å². The number of carbonyl (C=O) groups is 2. The number of aliphatic hydroxyl groups is 4. The van der Waals surface area contributed by atoms with Crippen LogP contribution in [0.3, 0.4) is 0 Å². The highest BCUT2D eigenvalue weighted by molar-refractivity contribution is 14.1. The smallest absolute Gasteiger partial charge is 0.399 e. The number of carbonyl (C=O) groups excluding carboxylic acids is 2. The molecule has 2 aromatic carbocycles. The molecule has 84 heavy (non-hydrogen) atoms. The van der Waals surface area contributed by atoms with E-state index in [9.17, 15) is 33.0 Å². The summed E-state index contributed by atoms with van der Waals surface area (Å²) in [6.07, 6.45) is -2.54. The highest BCUT2D eigenvalue weighted by Gasteiger charge is 2.52. The second-order valence-electron chi connectivity index (χ2n) is 22.7. The topological polar surface area (TPSA) is 239 Å². The molecule has 0 unspecified atom stereocenters. The zero-order valence-electron chi connectivity index (χ0n) is 49.2. The highest BCUT2D eigenvalue weighted by Crippen LogP contribution is 2.38. The van der Waals surface area contributed by atoms with Crippen molar-refractivity contribution < 1.29 is 62.0 Å². The van der Waals surface area contributed by atoms with Gasteiger partial charge in [-0.25, -0.2) is 19.6 Å². The number of urea groups is 2. The molecule has 7 heterocycles. The zero-order chi connectivity index (χ0) is 60.1. The van der Waals surface area contributed by atoms with E-state index in [-0.39, 0.29) is 58.5 Å². The molecule has 0 saturated carbocycles. The molecule has 0 spiro atoms. The van der Waals surface area contributed by atoms with E-state index in [2.05, 4.69) is 65.6 Å². The Bertz CT molecular complexity index is 2760. The number of aliphatic hydroxyl groups excluding tert-OH is 4. The van der Waals surface area contributed by atoms with Gasteiger partial charge in [-0.05, 0) is 159 Å². The SMILES string of the molecule is CC[C@@H]1CCN(C(=O)Nc2ccc(C)c(-c3cc(NC(CO)CO)nc(N4CCOCC4)c3)c2)C1.Cc1ccc(NC(=O)N2CC[C@@H](CC(F)(F)F)C2)cc1B1OC(C)(C)C(C)(C)O1.OCC(CO)Nc1cc(I)cc(N2CCOCC2)n1.S. The molecule has 2 aromatic heterocycles. The van der Waals surface area contributed by atoms with E-state index < -0.39 is 48.9 Å². The fourth-order valence-electron chi connectivity index (χ4n) is 10.1. The number of nitrogens with zero attached hydrogens (tertiary/aromatic N) is 6. The number of alkyl halides is 3. The molecule has 4 amide bonds. The van der Waals surface area contributed by atoms with Crippen molar-refractivity contribution in [2.45, 2.75) is 104 Å². The third kappa shape index (κ3) is 19.0. The number of ether oxygens (including phenoxy) is 2. The Kier molecular flexibility index (Phi) is 25.3. The number of morpholine rings is 2. The molecule has 464 valence electrons. The Hall–Kier alpha value is -4.91. The van der Waals surface area contributed by atoms with Crippen LogP contribution in [-0.4, -0.2) is 194 Å². The molecular weight excluding hydrogens is 1220 g/mol. The van der Waals surface area contributed by atoms with Crippen LogP contribution in [-0.2, 0) is 18.8 Å². The van der Waals surface area contributed by atoms with Gasteiger partial charge in [0.2, 0.25) is 0 Å². The first kappa shape index (κ1) is 68.2. The molecule has 5 aliphatic rings. The molecule has 5 fully saturated rings. The molecule has 0 bridgehead atoms. The van der Waals surface area contributed by atoms with Crippen molar-refractivity contribution in [3.63, 3.8) is 0 Å². The fourth-order valence-corrected chi connectivity index (χ4v) is 10.7. The number of hydrogen-bond donors (Lipinski definition) is 8. The van der Waals surface area contributed by atoms with Crippen LogP contribution in [0.4, 0.5) is 57.4 Å². The average molecular weight is 1310 g/mol. The number of rotatable bonds is 16. The number of pyridine rings is 2. The van der Waals surface area contributed by atoms with Crippen molar-refractivity contribution >= 4 is 95.4 Å². The predicted octanol–water partition coefficient (Wildman–Crippen LogP) is 7.42. The van der Waals surface area contributed by atoms with Crippen LogP contribution >= 0.6 is 36.1 Å². The lowest BCUT2D eigenvalue weighted by Crippen LogP contribution is -2.41. The third-order valence-corrected chi connectivity index (χ3v) is 16.5. The zero-order valence-corrected chi connectivity index (χ0v) is 52.4. The number of hydrogen-bond acceptors (Lipinski definition) is 16. The number of amides is 4. The standard InChI is InChI=1S/C26H37N5O4.C20H28BF3N2O3.C12H18IN3O3.H2S/c1-3-19-6-7-31(15-19)26(34)28-21-5-4-18(2)23(14-21)20-12-24(27-22(16-32)17-33)29-25(13-20)30-8-10-35-11-9-30;1-13-6-7-15(10-16(13)21-28-18(2,3)19(4,5)29-21)25-17(27)26-9-8-14(12-26)11-20(22,23)24;13-9-5-11(14-10(7-17)8-18)15-12(6-9)16-1-3-19-4-2-16;/h4-5,12-14,19,22,32-33H,3,6-11,15-17H2,1-2H3,(H,27,29)(H,28,34);6-7,10,14H,8-9,11-12H2,1-5H3,(H,25,27);5-6,10,17-18H,1-4,7-8H2,(H,14,15);1H2/t19-;14-;;/m10../s1. The van der Waals surface area contributed by atoms with Crippen LogP contribution in [0.25, 0.3) is 11.1 Å². The number of aromatic nitrogens is 2. The van der Waals surface area contributed by atoms with E-state index in [1.807, 2.05) is 95.0 Å². The molecule has 5 aliphatic heterocycles. The highest BCUT2D eigenvalue weighted by atomic mass is 127. The summed E-state index contributed by atoms with van der Waals surface area (Å²) in [5.41, 5.74) is 5.13. The van der Waals surface area contributed by atoms with Gasteiger partial charge in [0.15, 0.2) is 0 Å². The number of anilines is 6. The summed E-state index contributed by atoms with van der Waals surface area (Å²) >= 11 is 2.24. The Morgan fingerprint density at radius 1 is 0.679 bits per heavy atom. The molecule has 5 saturated heterocycles. The van der Waals surface area contributed by atoms with Gasteiger partial charge in [-0.1, -0.05) is 31.0 Å². The molecule has 0 aliphatic carbocycles. The van der Waals surface area contributed by atoms with E-state index in [1.165, 1.54) is 4.90 Å². The van der Waals surface area contributed by atoms with E-state index in [4.69, 9.17) is 34.0 Å². The second-order valence-corrected chi connectivity index (χ2v) is 24.0. The van der Waals surface area contributed by atoms with Gasteiger partial charge in [-0.2, -0.15) is 26.7 Å². The van der Waals surface area contributed by atoms with Gasteiger partial charge in [0.25, 0.3) is 0 Å². The van der Waals surface area contributed by atoms with E-state index >= 15 is 0 Å². The van der Waals surface area contributed by atoms with E-state index in [1.54, 1.807) is 12.1 Å². The number of benzene rings is 2. The maximum Gasteiger partial charge on any atom is 0.495 e. The van der Waals surface area contributed by atoms with Crippen molar-refractivity contribution in [1.82, 2.24) is 19.8 Å². The Morgan fingerprint density at radius 3 is 1.63 bits per heavy atom. The Balaban J connectivity index is 0.000000209. The second kappa shape index (κ2) is 31.1.